The second-order valence-corrected chi connectivity index (χ2v) is 6.36. The second-order valence-electron chi connectivity index (χ2n) is 6.36. The van der Waals surface area contributed by atoms with Crippen molar-refractivity contribution in [2.24, 2.45) is 0 Å². The maximum absolute atomic E-state index is 12.3. The number of carbonyl (C=O) groups excluding carboxylic acids is 1. The van der Waals surface area contributed by atoms with Crippen molar-refractivity contribution >= 4 is 11.9 Å². The number of hydrogen-bond donors (Lipinski definition) is 1. The van der Waals surface area contributed by atoms with Gasteiger partial charge in [0, 0.05) is 5.56 Å². The topological polar surface area (TPSA) is 77.2 Å². The Hall–Kier alpha value is -3.15. The summed E-state index contributed by atoms with van der Waals surface area (Å²) in [5, 5.41) is 6.41. The van der Waals surface area contributed by atoms with Crippen LogP contribution in [-0.4, -0.2) is 22.2 Å². The van der Waals surface area contributed by atoms with Gasteiger partial charge >= 0.3 is 0 Å². The lowest BCUT2D eigenvalue weighted by Crippen LogP contribution is -2.30. The monoisotopic (exact) mass is 351 g/mol. The quantitative estimate of drug-likeness (QED) is 0.750. The number of nitrogens with one attached hydrogen (secondary N) is 1. The zero-order valence-electron chi connectivity index (χ0n) is 15.2. The van der Waals surface area contributed by atoms with Crippen LogP contribution in [0.4, 0.5) is 5.95 Å². The molecule has 0 fully saturated rings. The Bertz CT molecular complexity index is 896. The summed E-state index contributed by atoms with van der Waals surface area (Å²) < 4.78 is 10.9. The summed E-state index contributed by atoms with van der Waals surface area (Å²) in [7, 11) is 0. The molecule has 134 valence electrons. The normalized spacial score (nSPS) is 11.8. The number of nitrogens with zero attached hydrogens (tertiary/aromatic N) is 2. The molecule has 0 spiro atoms. The van der Waals surface area contributed by atoms with E-state index in [1.807, 2.05) is 63.2 Å². The van der Waals surface area contributed by atoms with Crippen molar-refractivity contribution in [1.29, 1.82) is 0 Å². The van der Waals surface area contributed by atoms with Gasteiger partial charge in [0.15, 0.2) is 6.10 Å². The van der Waals surface area contributed by atoms with E-state index in [0.717, 1.165) is 22.3 Å². The minimum atomic E-state index is -0.697. The van der Waals surface area contributed by atoms with Crippen molar-refractivity contribution in [1.82, 2.24) is 10.1 Å². The molecule has 0 aliphatic carbocycles. The Balaban J connectivity index is 1.65. The van der Waals surface area contributed by atoms with Gasteiger partial charge in [0.1, 0.15) is 5.75 Å². The van der Waals surface area contributed by atoms with Crippen molar-refractivity contribution in [3.63, 3.8) is 0 Å². The minimum absolute atomic E-state index is 0.112. The molecule has 3 rings (SSSR count). The van der Waals surface area contributed by atoms with E-state index in [9.17, 15) is 4.79 Å². The van der Waals surface area contributed by atoms with Crippen molar-refractivity contribution in [2.45, 2.75) is 33.8 Å². The Labute approximate surface area is 152 Å². The number of aryl methyl sites for hydroxylation is 3. The summed E-state index contributed by atoms with van der Waals surface area (Å²) in [6, 6.07) is 13.5. The van der Waals surface area contributed by atoms with Crippen molar-refractivity contribution in [2.75, 3.05) is 5.32 Å². The molecule has 2 aromatic carbocycles. The Morgan fingerprint density at radius 3 is 2.35 bits per heavy atom. The van der Waals surface area contributed by atoms with E-state index in [1.165, 1.54) is 0 Å². The zero-order chi connectivity index (χ0) is 18.7. The fraction of sp³-hybridized carbons (Fsp3) is 0.250. The average Bonchev–Trinajstić information content (AvgIpc) is 3.03. The fourth-order valence-corrected chi connectivity index (χ4v) is 2.56. The number of aromatic nitrogens is 2. The standard InChI is InChI=1S/C20H21N3O3/c1-12-5-7-16(8-6-12)19-22-20(23-26-19)21-18(24)15(4)25-17-10-13(2)9-14(3)11-17/h5-11,15H,1-4H3,(H,21,23,24)/t15-/m0/s1. The van der Waals surface area contributed by atoms with Crippen LogP contribution in [0.2, 0.25) is 0 Å². The molecular weight excluding hydrogens is 330 g/mol. The van der Waals surface area contributed by atoms with Crippen LogP contribution in [0.15, 0.2) is 47.0 Å². The lowest BCUT2D eigenvalue weighted by atomic mass is 10.1. The molecule has 0 aliphatic heterocycles. The number of ether oxygens (including phenoxy) is 1. The lowest BCUT2D eigenvalue weighted by molar-refractivity contribution is -0.122. The van der Waals surface area contributed by atoms with Gasteiger partial charge in [0.25, 0.3) is 17.7 Å². The zero-order valence-corrected chi connectivity index (χ0v) is 15.2. The van der Waals surface area contributed by atoms with Crippen molar-refractivity contribution in [3.8, 4) is 17.2 Å². The first kappa shape index (κ1) is 17.7. The largest absolute Gasteiger partial charge is 0.481 e. The molecule has 0 unspecified atom stereocenters. The van der Waals surface area contributed by atoms with E-state index in [2.05, 4.69) is 15.5 Å². The predicted octanol–water partition coefficient (Wildman–Crippen LogP) is 4.07. The molecule has 0 aliphatic rings. The first-order valence-electron chi connectivity index (χ1n) is 8.37. The third-order valence-electron chi connectivity index (χ3n) is 3.84. The third-order valence-corrected chi connectivity index (χ3v) is 3.84. The van der Waals surface area contributed by atoms with E-state index in [-0.39, 0.29) is 11.9 Å². The Kier molecular flexibility index (Phi) is 5.02. The second kappa shape index (κ2) is 7.39. The molecule has 6 heteroatoms. The summed E-state index contributed by atoms with van der Waals surface area (Å²) in [6.45, 7) is 7.64. The van der Waals surface area contributed by atoms with Crippen molar-refractivity contribution < 1.29 is 14.1 Å². The molecule has 1 atom stereocenters. The first-order chi connectivity index (χ1) is 12.4. The van der Waals surface area contributed by atoms with Gasteiger partial charge in [-0.25, -0.2) is 0 Å². The molecule has 0 saturated carbocycles. The smallest absolute Gasteiger partial charge is 0.270 e. The maximum atomic E-state index is 12.3. The van der Waals surface area contributed by atoms with Gasteiger partial charge in [-0.3, -0.25) is 10.1 Å². The lowest BCUT2D eigenvalue weighted by Gasteiger charge is -2.14. The highest BCUT2D eigenvalue weighted by atomic mass is 16.5. The van der Waals surface area contributed by atoms with E-state index in [1.54, 1.807) is 6.92 Å². The van der Waals surface area contributed by atoms with Crippen LogP contribution in [0.3, 0.4) is 0 Å². The summed E-state index contributed by atoms with van der Waals surface area (Å²) in [4.78, 5) is 16.5. The van der Waals surface area contributed by atoms with Gasteiger partial charge in [-0.15, -0.1) is 0 Å². The fourth-order valence-electron chi connectivity index (χ4n) is 2.56. The molecular formula is C20H21N3O3. The van der Waals surface area contributed by atoms with Gasteiger partial charge in [0.05, 0.1) is 0 Å². The molecule has 0 saturated heterocycles. The molecule has 1 aromatic heterocycles. The number of rotatable bonds is 5. The van der Waals surface area contributed by atoms with Crippen LogP contribution in [0.25, 0.3) is 11.5 Å². The SMILES string of the molecule is Cc1ccc(-c2nc(NC(=O)[C@H](C)Oc3cc(C)cc(C)c3)no2)cc1. The summed E-state index contributed by atoms with van der Waals surface area (Å²) in [5.74, 6) is 0.767. The molecule has 1 N–H and O–H groups in total. The highest BCUT2D eigenvalue weighted by Crippen LogP contribution is 2.20. The average molecular weight is 351 g/mol. The molecule has 3 aromatic rings. The maximum Gasteiger partial charge on any atom is 0.270 e. The third kappa shape index (κ3) is 4.27. The molecule has 26 heavy (non-hydrogen) atoms. The number of anilines is 1. The van der Waals surface area contributed by atoms with E-state index in [0.29, 0.717) is 11.6 Å². The van der Waals surface area contributed by atoms with Gasteiger partial charge in [0.2, 0.25) is 0 Å². The predicted molar refractivity (Wildman–Crippen MR) is 99.1 cm³/mol. The van der Waals surface area contributed by atoms with Gasteiger partial charge < -0.3 is 9.26 Å². The number of carbonyl (C=O) groups is 1. The molecule has 0 radical (unpaired) electrons. The molecule has 1 heterocycles. The van der Waals surface area contributed by atoms with Crippen LogP contribution in [-0.2, 0) is 4.79 Å². The highest BCUT2D eigenvalue weighted by Gasteiger charge is 2.18. The van der Waals surface area contributed by atoms with E-state index >= 15 is 0 Å². The van der Waals surface area contributed by atoms with Crippen LogP contribution >= 0.6 is 0 Å². The number of amides is 1. The Morgan fingerprint density at radius 2 is 1.69 bits per heavy atom. The van der Waals surface area contributed by atoms with Crippen LogP contribution in [0.5, 0.6) is 5.75 Å². The summed E-state index contributed by atoms with van der Waals surface area (Å²) in [5.41, 5.74) is 4.09. The number of hydrogen-bond acceptors (Lipinski definition) is 5. The summed E-state index contributed by atoms with van der Waals surface area (Å²) in [6.07, 6.45) is -0.697. The molecule has 0 bridgehead atoms. The molecule has 6 nitrogen and oxygen atoms in total. The van der Waals surface area contributed by atoms with Crippen LogP contribution in [0, 0.1) is 20.8 Å². The highest BCUT2D eigenvalue weighted by molar-refractivity contribution is 5.92. The van der Waals surface area contributed by atoms with Gasteiger partial charge in [-0.1, -0.05) is 23.8 Å². The van der Waals surface area contributed by atoms with Crippen LogP contribution in [0.1, 0.15) is 23.6 Å². The number of benzene rings is 2. The first-order valence-corrected chi connectivity index (χ1v) is 8.37. The van der Waals surface area contributed by atoms with E-state index < -0.39 is 6.10 Å². The summed E-state index contributed by atoms with van der Waals surface area (Å²) >= 11 is 0. The van der Waals surface area contributed by atoms with Gasteiger partial charge in [-0.05, 0) is 68.2 Å². The van der Waals surface area contributed by atoms with E-state index in [4.69, 9.17) is 9.26 Å². The van der Waals surface area contributed by atoms with Crippen molar-refractivity contribution in [3.05, 3.63) is 59.2 Å². The minimum Gasteiger partial charge on any atom is -0.481 e. The molecule has 1 amide bonds. The van der Waals surface area contributed by atoms with Crippen LogP contribution < -0.4 is 10.1 Å². The Morgan fingerprint density at radius 1 is 1.04 bits per heavy atom. The van der Waals surface area contributed by atoms with Gasteiger partial charge in [-0.2, -0.15) is 4.98 Å².